The molecule has 0 amide bonds. The van der Waals surface area contributed by atoms with Gasteiger partial charge in [-0.2, -0.15) is 0 Å². The topological polar surface area (TPSA) is 42.8 Å². The lowest BCUT2D eigenvalue weighted by atomic mass is 10.1. The van der Waals surface area contributed by atoms with Crippen LogP contribution in [0.25, 0.3) is 11.3 Å². The first-order valence-electron chi connectivity index (χ1n) is 5.17. The summed E-state index contributed by atoms with van der Waals surface area (Å²) in [5, 5.41) is 4.54. The highest BCUT2D eigenvalue weighted by molar-refractivity contribution is 5.75. The maximum absolute atomic E-state index is 4.54. The van der Waals surface area contributed by atoms with Crippen LogP contribution in [0.5, 0.6) is 0 Å². The molecule has 1 aliphatic rings. The van der Waals surface area contributed by atoms with Crippen LogP contribution in [0.2, 0.25) is 0 Å². The van der Waals surface area contributed by atoms with Gasteiger partial charge in [-0.1, -0.05) is 18.2 Å². The monoisotopic (exact) mass is 198 g/mol. The molecular weight excluding hydrogens is 186 g/mol. The summed E-state index contributed by atoms with van der Waals surface area (Å²) in [7, 11) is 0. The molecule has 1 aromatic heterocycles. The number of H-pyrrole nitrogens is 1. The van der Waals surface area contributed by atoms with Crippen LogP contribution in [-0.2, 0) is 6.42 Å². The van der Waals surface area contributed by atoms with Gasteiger partial charge in [-0.15, -0.1) is 0 Å². The number of nitrogens with one attached hydrogen (secondary N) is 1. The molecule has 75 valence electrons. The van der Waals surface area contributed by atoms with Crippen LogP contribution >= 0.6 is 0 Å². The smallest absolute Gasteiger partial charge is 0.103 e. The Labute approximate surface area is 88.6 Å². The number of hydrogen-bond acceptors (Lipinski definition) is 1. The Morgan fingerprint density at radius 3 is 3.07 bits per heavy atom. The van der Waals surface area contributed by atoms with E-state index >= 15 is 0 Å². The molecule has 1 aliphatic heterocycles. The molecule has 1 radical (unpaired) electrons. The van der Waals surface area contributed by atoms with Gasteiger partial charge in [0, 0.05) is 18.5 Å². The van der Waals surface area contributed by atoms with Crippen molar-refractivity contribution >= 4 is 5.69 Å². The second kappa shape index (κ2) is 3.12. The number of hydrogen-bond donors (Lipinski definition) is 1. The molecule has 0 bridgehead atoms. The predicted octanol–water partition coefficient (Wildman–Crippen LogP) is 2.18. The van der Waals surface area contributed by atoms with Gasteiger partial charge < -0.3 is 4.98 Å². The van der Waals surface area contributed by atoms with E-state index < -0.39 is 0 Å². The Bertz CT molecular complexity index is 499. The van der Waals surface area contributed by atoms with Gasteiger partial charge in [-0.3, -0.25) is 5.32 Å². The van der Waals surface area contributed by atoms with Crippen LogP contribution in [0.15, 0.2) is 24.3 Å². The molecule has 0 spiro atoms. The fourth-order valence-electron chi connectivity index (χ4n) is 2.05. The summed E-state index contributed by atoms with van der Waals surface area (Å²) in [6, 6.07) is 8.22. The van der Waals surface area contributed by atoms with Crippen molar-refractivity contribution in [1.29, 1.82) is 0 Å². The SMILES string of the molecule is Cc1nc2c([nH]1)-c1ccccc1[N]CC2. The van der Waals surface area contributed by atoms with Crippen LogP contribution in [0, 0.1) is 6.92 Å². The lowest BCUT2D eigenvalue weighted by molar-refractivity contribution is 0.822. The largest absolute Gasteiger partial charge is 0.342 e. The fraction of sp³-hybridized carbons (Fsp3) is 0.250. The Balaban J connectivity index is 2.26. The molecule has 0 fully saturated rings. The first kappa shape index (κ1) is 8.53. The zero-order chi connectivity index (χ0) is 10.3. The molecule has 3 nitrogen and oxygen atoms in total. The number of para-hydroxylation sites is 1. The number of aromatic amines is 1. The molecule has 0 saturated carbocycles. The summed E-state index contributed by atoms with van der Waals surface area (Å²) in [4.78, 5) is 7.82. The third-order valence-corrected chi connectivity index (χ3v) is 2.70. The van der Waals surface area contributed by atoms with Crippen molar-refractivity contribution in [2.24, 2.45) is 0 Å². The van der Waals surface area contributed by atoms with E-state index in [2.05, 4.69) is 27.4 Å². The normalized spacial score (nSPS) is 13.7. The number of benzene rings is 1. The summed E-state index contributed by atoms with van der Waals surface area (Å²) in [6.45, 7) is 2.82. The summed E-state index contributed by atoms with van der Waals surface area (Å²) in [5.74, 6) is 0.983. The lowest BCUT2D eigenvalue weighted by Gasteiger charge is -2.03. The van der Waals surface area contributed by atoms with Gasteiger partial charge >= 0.3 is 0 Å². The summed E-state index contributed by atoms with van der Waals surface area (Å²) < 4.78 is 0. The van der Waals surface area contributed by atoms with Crippen molar-refractivity contribution in [2.45, 2.75) is 13.3 Å². The lowest BCUT2D eigenvalue weighted by Crippen LogP contribution is -2.01. The third-order valence-electron chi connectivity index (χ3n) is 2.70. The van der Waals surface area contributed by atoms with Gasteiger partial charge in [0.15, 0.2) is 0 Å². The van der Waals surface area contributed by atoms with E-state index in [0.29, 0.717) is 0 Å². The number of imidazole rings is 1. The Morgan fingerprint density at radius 1 is 1.27 bits per heavy atom. The Morgan fingerprint density at radius 2 is 2.13 bits per heavy atom. The van der Waals surface area contributed by atoms with Crippen molar-refractivity contribution in [2.75, 3.05) is 6.54 Å². The van der Waals surface area contributed by atoms with Gasteiger partial charge in [0.05, 0.1) is 17.1 Å². The molecule has 2 aromatic rings. The molecule has 1 N–H and O–H groups in total. The highest BCUT2D eigenvalue weighted by Gasteiger charge is 2.17. The maximum Gasteiger partial charge on any atom is 0.103 e. The minimum absolute atomic E-state index is 0.828. The maximum atomic E-state index is 4.54. The van der Waals surface area contributed by atoms with Crippen LogP contribution in [0.4, 0.5) is 5.69 Å². The average molecular weight is 198 g/mol. The van der Waals surface area contributed by atoms with E-state index in [9.17, 15) is 0 Å². The summed E-state index contributed by atoms with van der Waals surface area (Å²) in [5.41, 5.74) is 4.52. The minimum Gasteiger partial charge on any atom is -0.342 e. The van der Waals surface area contributed by atoms with E-state index in [0.717, 1.165) is 35.9 Å². The van der Waals surface area contributed by atoms with Gasteiger partial charge in [0.1, 0.15) is 5.82 Å². The number of aromatic nitrogens is 2. The van der Waals surface area contributed by atoms with Gasteiger partial charge in [0.25, 0.3) is 0 Å². The van der Waals surface area contributed by atoms with Crippen molar-refractivity contribution in [3.05, 3.63) is 35.8 Å². The van der Waals surface area contributed by atoms with Gasteiger partial charge in [-0.25, -0.2) is 4.98 Å². The number of rotatable bonds is 0. The van der Waals surface area contributed by atoms with E-state index in [1.807, 2.05) is 19.1 Å². The molecule has 3 heteroatoms. The average Bonchev–Trinajstić information content (AvgIpc) is 2.52. The first-order chi connectivity index (χ1) is 7.34. The highest BCUT2D eigenvalue weighted by atomic mass is 15.0. The quantitative estimate of drug-likeness (QED) is 0.692. The summed E-state index contributed by atoms with van der Waals surface area (Å²) in [6.07, 6.45) is 0.925. The molecule has 1 aromatic carbocycles. The van der Waals surface area contributed by atoms with Crippen LogP contribution in [0.1, 0.15) is 11.5 Å². The van der Waals surface area contributed by atoms with Crippen molar-refractivity contribution in [1.82, 2.24) is 15.3 Å². The molecule has 2 heterocycles. The highest BCUT2D eigenvalue weighted by Crippen LogP contribution is 2.31. The van der Waals surface area contributed by atoms with Crippen molar-refractivity contribution < 1.29 is 0 Å². The Kier molecular flexibility index (Phi) is 1.78. The molecular formula is C12H12N3. The van der Waals surface area contributed by atoms with E-state index in [-0.39, 0.29) is 0 Å². The fourth-order valence-corrected chi connectivity index (χ4v) is 2.05. The number of aryl methyl sites for hydroxylation is 1. The standard InChI is InChI=1S/C12H12N3/c1-8-14-11-6-7-13-10-5-3-2-4-9(10)12(11)15-8/h2-5H,6-7H2,1H3,(H,14,15). The first-order valence-corrected chi connectivity index (χ1v) is 5.17. The molecule has 0 atom stereocenters. The molecule has 0 aliphatic carbocycles. The zero-order valence-corrected chi connectivity index (χ0v) is 8.62. The Hall–Kier alpha value is -1.77. The second-order valence-corrected chi connectivity index (χ2v) is 3.79. The van der Waals surface area contributed by atoms with Gasteiger partial charge in [-0.05, 0) is 13.0 Å². The van der Waals surface area contributed by atoms with E-state index in [1.165, 1.54) is 5.56 Å². The van der Waals surface area contributed by atoms with Crippen LogP contribution in [0.3, 0.4) is 0 Å². The van der Waals surface area contributed by atoms with Crippen molar-refractivity contribution in [3.8, 4) is 11.3 Å². The number of nitrogens with zero attached hydrogens (tertiary/aromatic N) is 2. The predicted molar refractivity (Wildman–Crippen MR) is 59.1 cm³/mol. The minimum atomic E-state index is 0.828. The molecule has 0 saturated heterocycles. The third kappa shape index (κ3) is 1.31. The van der Waals surface area contributed by atoms with E-state index in [4.69, 9.17) is 0 Å². The zero-order valence-electron chi connectivity index (χ0n) is 8.62. The van der Waals surface area contributed by atoms with Crippen LogP contribution in [-0.4, -0.2) is 16.5 Å². The van der Waals surface area contributed by atoms with E-state index in [1.54, 1.807) is 0 Å². The molecule has 3 rings (SSSR count). The summed E-state index contributed by atoms with van der Waals surface area (Å²) >= 11 is 0. The van der Waals surface area contributed by atoms with Crippen LogP contribution < -0.4 is 5.32 Å². The van der Waals surface area contributed by atoms with Gasteiger partial charge in [0.2, 0.25) is 0 Å². The molecule has 0 unspecified atom stereocenters. The van der Waals surface area contributed by atoms with Crippen molar-refractivity contribution in [3.63, 3.8) is 0 Å². The number of fused-ring (bicyclic) bond motifs is 3. The second-order valence-electron chi connectivity index (χ2n) is 3.79. The molecule has 15 heavy (non-hydrogen) atoms.